The Morgan fingerprint density at radius 1 is 1.47 bits per heavy atom. The molecule has 19 heavy (non-hydrogen) atoms. The van der Waals surface area contributed by atoms with E-state index in [1.807, 2.05) is 24.6 Å². The molecule has 0 amide bonds. The molecule has 1 heterocycles. The Labute approximate surface area is 116 Å². The van der Waals surface area contributed by atoms with Crippen LogP contribution in [-0.4, -0.2) is 22.8 Å². The van der Waals surface area contributed by atoms with Crippen molar-refractivity contribution in [3.8, 4) is 6.07 Å². The maximum absolute atomic E-state index is 8.99. The monoisotopic (exact) mass is 263 g/mol. The van der Waals surface area contributed by atoms with E-state index >= 15 is 0 Å². The van der Waals surface area contributed by atoms with Gasteiger partial charge in [-0.1, -0.05) is 13.8 Å². The second-order valence-electron chi connectivity index (χ2n) is 5.91. The van der Waals surface area contributed by atoms with Gasteiger partial charge in [0.25, 0.3) is 0 Å². The molecule has 0 aromatic carbocycles. The number of rotatable bonds is 7. The van der Waals surface area contributed by atoms with E-state index < -0.39 is 0 Å². The predicted molar refractivity (Wildman–Crippen MR) is 76.7 cm³/mol. The fraction of sp³-hybridized carbons (Fsp3) is 0.667. The molecule has 0 fully saturated rings. The van der Waals surface area contributed by atoms with Crippen molar-refractivity contribution in [2.24, 2.45) is 12.5 Å². The van der Waals surface area contributed by atoms with Crippen LogP contribution in [0.15, 0.2) is 6.07 Å². The summed E-state index contributed by atoms with van der Waals surface area (Å²) in [5.74, 6) is 0. The number of hydrogen-bond acceptors (Lipinski definition) is 3. The standard InChI is InChI=1S/C15H25N3O/c1-12-13(8-14(9-16)18(12)4)10-17-11-15(2,3)6-5-7-19/h8,17,19H,5-7,10-11H2,1-4H3. The molecule has 4 nitrogen and oxygen atoms in total. The Balaban J connectivity index is 2.52. The van der Waals surface area contributed by atoms with Crippen molar-refractivity contribution in [2.75, 3.05) is 13.2 Å². The zero-order valence-corrected chi connectivity index (χ0v) is 12.5. The number of hydrogen-bond donors (Lipinski definition) is 2. The van der Waals surface area contributed by atoms with E-state index in [0.717, 1.165) is 31.6 Å². The molecule has 0 aliphatic heterocycles. The second kappa shape index (κ2) is 6.74. The Hall–Kier alpha value is -1.31. The third-order valence-corrected chi connectivity index (χ3v) is 3.69. The molecule has 0 unspecified atom stereocenters. The molecule has 1 aromatic rings. The van der Waals surface area contributed by atoms with Crippen molar-refractivity contribution in [3.63, 3.8) is 0 Å². The quantitative estimate of drug-likeness (QED) is 0.792. The molecular formula is C15H25N3O. The van der Waals surface area contributed by atoms with Crippen LogP contribution in [-0.2, 0) is 13.6 Å². The number of aromatic nitrogens is 1. The normalized spacial score (nSPS) is 11.6. The zero-order valence-electron chi connectivity index (χ0n) is 12.5. The van der Waals surface area contributed by atoms with Gasteiger partial charge in [0, 0.05) is 32.4 Å². The van der Waals surface area contributed by atoms with Crippen LogP contribution in [0.25, 0.3) is 0 Å². The van der Waals surface area contributed by atoms with Crippen LogP contribution in [0.2, 0.25) is 0 Å². The minimum atomic E-state index is 0.184. The van der Waals surface area contributed by atoms with Crippen molar-refractivity contribution in [1.29, 1.82) is 5.26 Å². The van der Waals surface area contributed by atoms with Gasteiger partial charge in [0.15, 0.2) is 0 Å². The van der Waals surface area contributed by atoms with Crippen molar-refractivity contribution < 1.29 is 5.11 Å². The molecule has 0 aliphatic rings. The maximum Gasteiger partial charge on any atom is 0.120 e. The van der Waals surface area contributed by atoms with E-state index in [2.05, 4.69) is 25.2 Å². The van der Waals surface area contributed by atoms with Crippen LogP contribution in [0.3, 0.4) is 0 Å². The van der Waals surface area contributed by atoms with Gasteiger partial charge in [-0.15, -0.1) is 0 Å². The van der Waals surface area contributed by atoms with Gasteiger partial charge in [0.2, 0.25) is 0 Å². The first kappa shape index (κ1) is 15.7. The molecule has 0 spiro atoms. The Bertz CT molecular complexity index is 455. The molecule has 0 atom stereocenters. The molecule has 106 valence electrons. The van der Waals surface area contributed by atoms with Crippen LogP contribution in [0, 0.1) is 23.7 Å². The third-order valence-electron chi connectivity index (χ3n) is 3.69. The third kappa shape index (κ3) is 4.38. The second-order valence-corrected chi connectivity index (χ2v) is 5.91. The van der Waals surface area contributed by atoms with Crippen molar-refractivity contribution in [2.45, 2.75) is 40.2 Å². The average molecular weight is 263 g/mol. The number of nitrogens with zero attached hydrogens (tertiary/aromatic N) is 2. The highest BCUT2D eigenvalue weighted by molar-refractivity contribution is 5.34. The summed E-state index contributed by atoms with van der Waals surface area (Å²) in [7, 11) is 1.92. The molecule has 0 aliphatic carbocycles. The summed E-state index contributed by atoms with van der Waals surface area (Å²) < 4.78 is 1.92. The summed E-state index contributed by atoms with van der Waals surface area (Å²) in [5, 5.41) is 21.3. The lowest BCUT2D eigenvalue weighted by atomic mass is 9.88. The summed E-state index contributed by atoms with van der Waals surface area (Å²) in [4.78, 5) is 0. The number of nitrogens with one attached hydrogen (secondary N) is 1. The molecule has 0 saturated carbocycles. The van der Waals surface area contributed by atoms with Crippen LogP contribution >= 0.6 is 0 Å². The van der Waals surface area contributed by atoms with Gasteiger partial charge in [-0.3, -0.25) is 0 Å². The van der Waals surface area contributed by atoms with E-state index in [0.29, 0.717) is 5.69 Å². The number of nitriles is 1. The van der Waals surface area contributed by atoms with E-state index in [-0.39, 0.29) is 12.0 Å². The average Bonchev–Trinajstić information content (AvgIpc) is 2.64. The van der Waals surface area contributed by atoms with Gasteiger partial charge in [-0.25, -0.2) is 0 Å². The van der Waals surface area contributed by atoms with Crippen molar-refractivity contribution in [3.05, 3.63) is 23.0 Å². The fourth-order valence-electron chi connectivity index (χ4n) is 2.23. The molecule has 0 saturated heterocycles. The summed E-state index contributed by atoms with van der Waals surface area (Å²) in [6.07, 6.45) is 1.85. The minimum Gasteiger partial charge on any atom is -0.396 e. The SMILES string of the molecule is Cc1c(CNCC(C)(C)CCCO)cc(C#N)n1C. The topological polar surface area (TPSA) is 61.0 Å². The van der Waals surface area contributed by atoms with Crippen molar-refractivity contribution in [1.82, 2.24) is 9.88 Å². The molecule has 0 bridgehead atoms. The van der Waals surface area contributed by atoms with E-state index in [1.54, 1.807) is 0 Å². The molecule has 1 rings (SSSR count). The van der Waals surface area contributed by atoms with Crippen molar-refractivity contribution >= 4 is 0 Å². The zero-order chi connectivity index (χ0) is 14.5. The largest absolute Gasteiger partial charge is 0.396 e. The van der Waals surface area contributed by atoms with Crippen LogP contribution in [0.1, 0.15) is 43.6 Å². The molecule has 4 heteroatoms. The first-order valence-electron chi connectivity index (χ1n) is 6.78. The van der Waals surface area contributed by atoms with Crippen LogP contribution < -0.4 is 5.32 Å². The summed E-state index contributed by atoms with van der Waals surface area (Å²) >= 11 is 0. The Kier molecular flexibility index (Phi) is 5.59. The van der Waals surface area contributed by atoms with Gasteiger partial charge in [0.05, 0.1) is 0 Å². The van der Waals surface area contributed by atoms with Gasteiger partial charge < -0.3 is 15.0 Å². The van der Waals surface area contributed by atoms with E-state index in [4.69, 9.17) is 10.4 Å². The van der Waals surface area contributed by atoms with Gasteiger partial charge in [0.1, 0.15) is 11.8 Å². The van der Waals surface area contributed by atoms with Crippen LogP contribution in [0.5, 0.6) is 0 Å². The first-order chi connectivity index (χ1) is 8.91. The molecule has 0 radical (unpaired) electrons. The van der Waals surface area contributed by atoms with E-state index in [9.17, 15) is 0 Å². The Morgan fingerprint density at radius 2 is 2.16 bits per heavy atom. The van der Waals surface area contributed by atoms with Gasteiger partial charge >= 0.3 is 0 Å². The minimum absolute atomic E-state index is 0.184. The lowest BCUT2D eigenvalue weighted by molar-refractivity contribution is 0.236. The summed E-state index contributed by atoms with van der Waals surface area (Å²) in [6.45, 7) is 8.39. The number of aliphatic hydroxyl groups is 1. The first-order valence-corrected chi connectivity index (χ1v) is 6.78. The number of aliphatic hydroxyl groups excluding tert-OH is 1. The highest BCUT2D eigenvalue weighted by atomic mass is 16.2. The fourth-order valence-corrected chi connectivity index (χ4v) is 2.23. The lowest BCUT2D eigenvalue weighted by Crippen LogP contribution is -2.29. The summed E-state index contributed by atoms with van der Waals surface area (Å²) in [5.41, 5.74) is 3.20. The van der Waals surface area contributed by atoms with Gasteiger partial charge in [-0.2, -0.15) is 5.26 Å². The van der Waals surface area contributed by atoms with E-state index in [1.165, 1.54) is 5.56 Å². The lowest BCUT2D eigenvalue weighted by Gasteiger charge is -2.24. The molecular weight excluding hydrogens is 238 g/mol. The highest BCUT2D eigenvalue weighted by Crippen LogP contribution is 2.21. The Morgan fingerprint density at radius 3 is 2.68 bits per heavy atom. The molecule has 1 aromatic heterocycles. The summed E-state index contributed by atoms with van der Waals surface area (Å²) in [6, 6.07) is 4.15. The van der Waals surface area contributed by atoms with Crippen LogP contribution in [0.4, 0.5) is 0 Å². The predicted octanol–water partition coefficient (Wildman–Crippen LogP) is 2.09. The highest BCUT2D eigenvalue weighted by Gasteiger charge is 2.17. The smallest absolute Gasteiger partial charge is 0.120 e. The maximum atomic E-state index is 8.99. The van der Waals surface area contributed by atoms with Gasteiger partial charge in [-0.05, 0) is 36.8 Å². The molecule has 2 N–H and O–H groups in total.